The highest BCUT2D eigenvalue weighted by Gasteiger charge is 2.53. The van der Waals surface area contributed by atoms with E-state index >= 15 is 0 Å². The van der Waals surface area contributed by atoms with Crippen molar-refractivity contribution in [3.63, 3.8) is 0 Å². The standard InChI is InChI=1S/C22H51N4P/c1-12-20-25(11)27(23-19-8,24(9)10)26(21(13-2,14-3)15-4)22(16-5,17-6)18-7/h12-20H2,1-11H3. The lowest BCUT2D eigenvalue weighted by Crippen LogP contribution is -2.61. The minimum absolute atomic E-state index is 0.181. The Morgan fingerprint density at radius 3 is 1.26 bits per heavy atom. The molecule has 0 rings (SSSR count). The third-order valence-electron chi connectivity index (χ3n) is 6.99. The largest absolute Gasteiger partial charge is 0.261 e. The molecular weight excluding hydrogens is 351 g/mol. The lowest BCUT2D eigenvalue weighted by atomic mass is 9.81. The van der Waals surface area contributed by atoms with Gasteiger partial charge >= 0.3 is 0 Å². The number of rotatable bonds is 14. The molecule has 0 N–H and O–H groups in total. The Hall–Kier alpha value is 0.110. The zero-order valence-corrected chi connectivity index (χ0v) is 21.5. The maximum Gasteiger partial charge on any atom is 0.168 e. The van der Waals surface area contributed by atoms with Crippen molar-refractivity contribution in [3.05, 3.63) is 0 Å². The smallest absolute Gasteiger partial charge is 0.168 e. The monoisotopic (exact) mass is 402 g/mol. The van der Waals surface area contributed by atoms with Crippen LogP contribution in [-0.4, -0.2) is 59.3 Å². The summed E-state index contributed by atoms with van der Waals surface area (Å²) < 4.78 is 13.6. The molecule has 0 aliphatic carbocycles. The van der Waals surface area contributed by atoms with Gasteiger partial charge in [0, 0.05) is 24.2 Å². The summed E-state index contributed by atoms with van der Waals surface area (Å²) in [4.78, 5) is 0. The van der Waals surface area contributed by atoms with Gasteiger partial charge in [0.1, 0.15) is 0 Å². The second-order valence-electron chi connectivity index (χ2n) is 8.10. The molecule has 1 unspecified atom stereocenters. The molecule has 0 aliphatic rings. The summed E-state index contributed by atoms with van der Waals surface area (Å²) in [5, 5.41) is 0. The van der Waals surface area contributed by atoms with Crippen molar-refractivity contribution in [3.8, 4) is 0 Å². The molecule has 0 radical (unpaired) electrons. The number of nitrogens with zero attached hydrogens (tertiary/aromatic N) is 4. The van der Waals surface area contributed by atoms with Gasteiger partial charge in [-0.3, -0.25) is 9.42 Å². The summed E-state index contributed by atoms with van der Waals surface area (Å²) in [7, 11) is 4.85. The Kier molecular flexibility index (Phi) is 12.0. The zero-order valence-electron chi connectivity index (χ0n) is 20.6. The second kappa shape index (κ2) is 12.0. The molecule has 0 bridgehead atoms. The fraction of sp³-hybridized carbons (Fsp3) is 1.00. The van der Waals surface area contributed by atoms with Crippen LogP contribution in [0.2, 0.25) is 0 Å². The SMILES string of the molecule is CCCN(C)P(=NCC)(N(C)C)N(C(CC)(CC)CC)C(CC)(CC)CC. The van der Waals surface area contributed by atoms with Crippen molar-refractivity contribution >= 4 is 7.51 Å². The molecule has 0 aromatic rings. The van der Waals surface area contributed by atoms with E-state index in [-0.39, 0.29) is 11.1 Å². The van der Waals surface area contributed by atoms with Gasteiger partial charge in [0.2, 0.25) is 0 Å². The Morgan fingerprint density at radius 2 is 1.04 bits per heavy atom. The molecular formula is C22H51N4P. The predicted molar refractivity (Wildman–Crippen MR) is 126 cm³/mol. The van der Waals surface area contributed by atoms with Crippen molar-refractivity contribution < 1.29 is 0 Å². The van der Waals surface area contributed by atoms with Gasteiger partial charge in [0.05, 0.1) is 0 Å². The summed E-state index contributed by atoms with van der Waals surface area (Å²) in [6, 6.07) is 0. The first kappa shape index (κ1) is 27.1. The highest BCUT2D eigenvalue weighted by atomic mass is 31.2. The zero-order chi connectivity index (χ0) is 21.3. The molecule has 0 aliphatic heterocycles. The van der Waals surface area contributed by atoms with E-state index in [1.54, 1.807) is 0 Å². The van der Waals surface area contributed by atoms with Crippen LogP contribution < -0.4 is 0 Å². The van der Waals surface area contributed by atoms with Crippen LogP contribution >= 0.6 is 7.51 Å². The van der Waals surface area contributed by atoms with E-state index in [2.05, 4.69) is 90.5 Å². The first-order chi connectivity index (χ1) is 12.7. The summed E-state index contributed by atoms with van der Waals surface area (Å²) in [5.74, 6) is 0. The van der Waals surface area contributed by atoms with Gasteiger partial charge in [-0.25, -0.2) is 9.34 Å². The first-order valence-electron chi connectivity index (χ1n) is 11.5. The third kappa shape index (κ3) is 5.00. The van der Waals surface area contributed by atoms with E-state index < -0.39 is 7.51 Å². The average molecular weight is 403 g/mol. The molecule has 0 heterocycles. The van der Waals surface area contributed by atoms with Gasteiger partial charge < -0.3 is 0 Å². The quantitative estimate of drug-likeness (QED) is 0.289. The van der Waals surface area contributed by atoms with Gasteiger partial charge in [-0.15, -0.1) is 0 Å². The molecule has 0 spiro atoms. The van der Waals surface area contributed by atoms with Gasteiger partial charge in [-0.2, -0.15) is 0 Å². The Morgan fingerprint density at radius 1 is 0.667 bits per heavy atom. The average Bonchev–Trinajstić information content (AvgIpc) is 2.68. The van der Waals surface area contributed by atoms with Crippen LogP contribution in [-0.2, 0) is 0 Å². The van der Waals surface area contributed by atoms with E-state index in [0.29, 0.717) is 0 Å². The van der Waals surface area contributed by atoms with Crippen LogP contribution in [0.1, 0.15) is 100 Å². The van der Waals surface area contributed by atoms with Crippen molar-refractivity contribution in [1.29, 1.82) is 0 Å². The van der Waals surface area contributed by atoms with Crippen LogP contribution in [0.25, 0.3) is 0 Å². The van der Waals surface area contributed by atoms with Crippen LogP contribution in [0.4, 0.5) is 0 Å². The van der Waals surface area contributed by atoms with Gasteiger partial charge in [0.25, 0.3) is 0 Å². The Labute approximate surface area is 172 Å². The fourth-order valence-corrected chi connectivity index (χ4v) is 9.76. The first-order valence-corrected chi connectivity index (χ1v) is 13.1. The molecule has 1 atom stereocenters. The topological polar surface area (TPSA) is 22.1 Å². The molecule has 5 heteroatoms. The van der Waals surface area contributed by atoms with Crippen molar-refractivity contribution in [2.45, 2.75) is 111 Å². The molecule has 0 amide bonds. The molecule has 0 saturated carbocycles. The van der Waals surface area contributed by atoms with Crippen molar-refractivity contribution in [2.24, 2.45) is 4.74 Å². The summed E-state index contributed by atoms with van der Waals surface area (Å²) in [6.45, 7) is 20.8. The summed E-state index contributed by atoms with van der Waals surface area (Å²) >= 11 is 0. The third-order valence-corrected chi connectivity index (χ3v) is 11.2. The number of hydrogen-bond donors (Lipinski definition) is 0. The van der Waals surface area contributed by atoms with E-state index in [1.165, 1.54) is 38.5 Å². The lowest BCUT2D eigenvalue weighted by Gasteiger charge is -2.61. The Bertz CT molecular complexity index is 417. The van der Waals surface area contributed by atoms with Crippen LogP contribution in [0.15, 0.2) is 4.74 Å². The molecule has 0 fully saturated rings. The van der Waals surface area contributed by atoms with Crippen LogP contribution in [0.3, 0.4) is 0 Å². The van der Waals surface area contributed by atoms with Gasteiger partial charge in [-0.1, -0.05) is 48.5 Å². The molecule has 27 heavy (non-hydrogen) atoms. The number of hydrogen-bond acceptors (Lipinski definition) is 1. The second-order valence-corrected chi connectivity index (χ2v) is 11.3. The highest BCUT2D eigenvalue weighted by molar-refractivity contribution is 7.59. The molecule has 0 saturated heterocycles. The minimum Gasteiger partial charge on any atom is -0.261 e. The summed E-state index contributed by atoms with van der Waals surface area (Å²) in [6.07, 6.45) is 8.22. The van der Waals surface area contributed by atoms with Gasteiger partial charge in [-0.05, 0) is 73.0 Å². The maximum atomic E-state index is 5.48. The highest BCUT2D eigenvalue weighted by Crippen LogP contribution is 2.66. The fourth-order valence-electron chi connectivity index (χ4n) is 5.05. The van der Waals surface area contributed by atoms with Crippen molar-refractivity contribution in [2.75, 3.05) is 34.2 Å². The molecule has 0 aromatic carbocycles. The predicted octanol–water partition coefficient (Wildman–Crippen LogP) is 7.10. The van der Waals surface area contributed by atoms with Crippen molar-refractivity contribution in [1.82, 2.24) is 14.0 Å². The van der Waals surface area contributed by atoms with E-state index in [1.807, 2.05) is 0 Å². The Balaban J connectivity index is 7.24. The van der Waals surface area contributed by atoms with Crippen LogP contribution in [0.5, 0.6) is 0 Å². The molecule has 164 valence electrons. The molecule has 4 nitrogen and oxygen atoms in total. The maximum absolute atomic E-state index is 5.48. The van der Waals surface area contributed by atoms with Gasteiger partial charge in [0.15, 0.2) is 7.51 Å². The summed E-state index contributed by atoms with van der Waals surface area (Å²) in [5.41, 5.74) is 0.363. The molecule has 0 aromatic heterocycles. The minimum atomic E-state index is -2.00. The lowest BCUT2D eigenvalue weighted by molar-refractivity contribution is 0.0308. The van der Waals surface area contributed by atoms with E-state index in [0.717, 1.165) is 19.5 Å². The van der Waals surface area contributed by atoms with E-state index in [4.69, 9.17) is 4.74 Å². The normalized spacial score (nSPS) is 15.6. The van der Waals surface area contributed by atoms with Crippen LogP contribution in [0, 0.1) is 0 Å². The van der Waals surface area contributed by atoms with E-state index in [9.17, 15) is 0 Å².